The number of fused-ring (bicyclic) bond motifs is 1. The number of hydrogen-bond donors (Lipinski definition) is 2. The number of carbonyl (C=O) groups excluding carboxylic acids is 4. The Bertz CT molecular complexity index is 1440. The van der Waals surface area contributed by atoms with Crippen LogP contribution in [-0.2, 0) is 19.1 Å². The molecule has 0 unspecified atom stereocenters. The van der Waals surface area contributed by atoms with Gasteiger partial charge in [-0.25, -0.2) is 9.78 Å². The second kappa shape index (κ2) is 11.0. The first-order valence-electron chi connectivity index (χ1n) is 13.8. The highest BCUT2D eigenvalue weighted by atomic mass is 16.5. The quantitative estimate of drug-likeness (QED) is 0.565. The van der Waals surface area contributed by atoms with Crippen LogP contribution in [0.15, 0.2) is 48.7 Å². The molecule has 2 aromatic rings. The molecule has 12 heteroatoms. The Kier molecular flexibility index (Phi) is 7.53. The van der Waals surface area contributed by atoms with Gasteiger partial charge in [-0.2, -0.15) is 5.26 Å². The highest BCUT2D eigenvalue weighted by molar-refractivity contribution is 6.01. The van der Waals surface area contributed by atoms with E-state index in [0.717, 1.165) is 5.56 Å². The molecule has 5 rings (SSSR count). The summed E-state index contributed by atoms with van der Waals surface area (Å²) in [6.07, 6.45) is 1.04. The maximum absolute atomic E-state index is 14.3. The number of pyridine rings is 1. The van der Waals surface area contributed by atoms with Crippen LogP contribution in [0.2, 0.25) is 0 Å². The van der Waals surface area contributed by atoms with Crippen molar-refractivity contribution in [3.8, 4) is 11.8 Å². The predicted molar refractivity (Wildman–Crippen MR) is 150 cm³/mol. The third-order valence-electron chi connectivity index (χ3n) is 8.18. The monoisotopic (exact) mass is 574 g/mol. The van der Waals surface area contributed by atoms with Crippen LogP contribution in [0.3, 0.4) is 0 Å². The summed E-state index contributed by atoms with van der Waals surface area (Å²) in [7, 11) is 1.22. The van der Waals surface area contributed by atoms with Gasteiger partial charge in [0.05, 0.1) is 19.7 Å². The van der Waals surface area contributed by atoms with Crippen LogP contribution in [0.25, 0.3) is 0 Å². The Morgan fingerprint density at radius 3 is 2.60 bits per heavy atom. The van der Waals surface area contributed by atoms with Gasteiger partial charge in [0.15, 0.2) is 11.6 Å². The molecule has 0 radical (unpaired) electrons. The van der Waals surface area contributed by atoms with E-state index in [-0.39, 0.29) is 31.2 Å². The van der Waals surface area contributed by atoms with Gasteiger partial charge in [-0.05, 0) is 29.5 Å². The first kappa shape index (κ1) is 28.9. The van der Waals surface area contributed by atoms with Crippen LogP contribution < -0.4 is 15.4 Å². The van der Waals surface area contributed by atoms with Crippen LogP contribution in [-0.4, -0.2) is 82.5 Å². The van der Waals surface area contributed by atoms with Crippen molar-refractivity contribution in [2.45, 2.75) is 63.3 Å². The number of rotatable bonds is 4. The molecule has 2 N–H and O–H groups in total. The highest BCUT2D eigenvalue weighted by Crippen LogP contribution is 2.41. The minimum Gasteiger partial charge on any atom is -0.472 e. The highest BCUT2D eigenvalue weighted by Gasteiger charge is 2.57. The summed E-state index contributed by atoms with van der Waals surface area (Å²) in [5.41, 5.74) is -1.21. The van der Waals surface area contributed by atoms with E-state index in [9.17, 15) is 24.4 Å². The van der Waals surface area contributed by atoms with E-state index in [1.165, 1.54) is 23.1 Å². The molecule has 5 atom stereocenters. The number of nitrogens with one attached hydrogen (secondary N) is 2. The Labute approximate surface area is 244 Å². The average molecular weight is 575 g/mol. The van der Waals surface area contributed by atoms with Gasteiger partial charge in [0, 0.05) is 25.1 Å². The molecule has 3 aliphatic heterocycles. The predicted octanol–water partition coefficient (Wildman–Crippen LogP) is 2.43. The van der Waals surface area contributed by atoms with Gasteiger partial charge in [-0.15, -0.1) is 0 Å². The van der Waals surface area contributed by atoms with Gasteiger partial charge in [-0.1, -0.05) is 51.1 Å². The summed E-state index contributed by atoms with van der Waals surface area (Å²) >= 11 is 0. The van der Waals surface area contributed by atoms with Crippen molar-refractivity contribution in [3.63, 3.8) is 0 Å². The molecule has 0 saturated carbocycles. The number of alkyl carbamates (subject to hydrolysis) is 1. The molecule has 1 aromatic carbocycles. The number of hydrogen-bond acceptors (Lipinski definition) is 8. The fraction of sp³-hybridized carbons (Fsp3) is 0.467. The summed E-state index contributed by atoms with van der Waals surface area (Å²) in [5, 5.41) is 15.4. The lowest BCUT2D eigenvalue weighted by molar-refractivity contribution is -0.147. The van der Waals surface area contributed by atoms with Crippen molar-refractivity contribution in [3.05, 3.63) is 54.2 Å². The van der Waals surface area contributed by atoms with Gasteiger partial charge in [0.2, 0.25) is 17.4 Å². The van der Waals surface area contributed by atoms with E-state index >= 15 is 0 Å². The largest absolute Gasteiger partial charge is 0.472 e. The van der Waals surface area contributed by atoms with E-state index in [1.807, 2.05) is 51.1 Å². The Hall–Kier alpha value is -4.66. The third-order valence-corrected chi connectivity index (χ3v) is 8.18. The molecule has 12 nitrogen and oxygen atoms in total. The number of aromatic nitrogens is 1. The Morgan fingerprint density at radius 2 is 1.93 bits per heavy atom. The molecule has 4 amide bonds. The van der Waals surface area contributed by atoms with Crippen molar-refractivity contribution >= 4 is 29.6 Å². The second-order valence-electron chi connectivity index (χ2n) is 12.0. The van der Waals surface area contributed by atoms with Crippen molar-refractivity contribution in [1.82, 2.24) is 20.1 Å². The molecule has 1 aromatic heterocycles. The smallest absolute Gasteiger partial charge is 0.407 e. The lowest BCUT2D eigenvalue weighted by Crippen LogP contribution is -2.59. The lowest BCUT2D eigenvalue weighted by Gasteiger charge is -2.36. The summed E-state index contributed by atoms with van der Waals surface area (Å²) in [6, 6.07) is 12.2. The molecule has 0 aliphatic carbocycles. The Balaban J connectivity index is 1.47. The van der Waals surface area contributed by atoms with E-state index in [2.05, 4.69) is 21.7 Å². The topological polar surface area (TPSA) is 154 Å². The summed E-state index contributed by atoms with van der Waals surface area (Å²) in [5.74, 6) is -0.904. The first-order chi connectivity index (χ1) is 20.0. The summed E-state index contributed by atoms with van der Waals surface area (Å²) < 4.78 is 10.9. The zero-order valence-electron chi connectivity index (χ0n) is 24.0. The number of anilines is 1. The van der Waals surface area contributed by atoms with Crippen molar-refractivity contribution in [2.24, 2.45) is 5.41 Å². The zero-order valence-corrected chi connectivity index (χ0v) is 24.0. The van der Waals surface area contributed by atoms with Crippen molar-refractivity contribution in [1.29, 1.82) is 5.26 Å². The standard InChI is InChI=1S/C30H34N6O6/c1-29(2,3)23(33-28(40)41-4)26(38)35-16-19(18-9-6-5-7-10-18)13-21(35)25(37)36-17-30(14-20(36)15-31)27(39)34-24-22(42-30)11-8-12-32-24/h5-12,19-21,23H,13-14,16-17H2,1-4H3,(H,33,40)(H,32,34,39)/t19-,20-,21-,23+,30+/m0/s1. The van der Waals surface area contributed by atoms with Crippen LogP contribution >= 0.6 is 0 Å². The van der Waals surface area contributed by atoms with E-state index in [0.29, 0.717) is 12.2 Å². The molecule has 2 saturated heterocycles. The number of nitriles is 1. The SMILES string of the molecule is COC(=O)N[C@H](C(=O)N1C[C@@H](c2ccccc2)C[C@H]1C(=O)N1C[C@@]2(C[C@H]1C#N)Oc1cccnc1NC2=O)C(C)(C)C. The van der Waals surface area contributed by atoms with E-state index < -0.39 is 53.0 Å². The maximum Gasteiger partial charge on any atom is 0.407 e. The van der Waals surface area contributed by atoms with Crippen LogP contribution in [0.1, 0.15) is 45.1 Å². The van der Waals surface area contributed by atoms with Gasteiger partial charge in [0.25, 0.3) is 5.91 Å². The number of likely N-dealkylation sites (tertiary alicyclic amines) is 2. The fourth-order valence-corrected chi connectivity index (χ4v) is 5.97. The number of methoxy groups -OCH3 is 1. The van der Waals surface area contributed by atoms with Crippen LogP contribution in [0.4, 0.5) is 10.6 Å². The van der Waals surface area contributed by atoms with Gasteiger partial charge in [0.1, 0.15) is 18.1 Å². The lowest BCUT2D eigenvalue weighted by atomic mass is 9.85. The fourth-order valence-electron chi connectivity index (χ4n) is 5.97. The van der Waals surface area contributed by atoms with Crippen molar-refractivity contribution < 1.29 is 28.7 Å². The van der Waals surface area contributed by atoms with E-state index in [4.69, 9.17) is 9.47 Å². The third kappa shape index (κ3) is 5.22. The first-order valence-corrected chi connectivity index (χ1v) is 13.8. The minimum atomic E-state index is -1.47. The molecule has 3 aliphatic rings. The number of amides is 4. The molecule has 2 fully saturated rings. The number of carbonyl (C=O) groups is 4. The normalized spacial score (nSPS) is 25.6. The van der Waals surface area contributed by atoms with Crippen LogP contribution in [0.5, 0.6) is 5.75 Å². The number of ether oxygens (including phenoxy) is 2. The molecular formula is C30H34N6O6. The Morgan fingerprint density at radius 1 is 1.19 bits per heavy atom. The molecule has 1 spiro atoms. The average Bonchev–Trinajstić information content (AvgIpc) is 3.59. The zero-order chi connectivity index (χ0) is 30.2. The second-order valence-corrected chi connectivity index (χ2v) is 12.0. The van der Waals surface area contributed by atoms with Gasteiger partial charge >= 0.3 is 6.09 Å². The van der Waals surface area contributed by atoms with Crippen LogP contribution in [0, 0.1) is 16.7 Å². The number of nitrogens with zero attached hydrogens (tertiary/aromatic N) is 4. The minimum absolute atomic E-state index is 0.0350. The van der Waals surface area contributed by atoms with Gasteiger partial charge in [-0.3, -0.25) is 14.4 Å². The maximum atomic E-state index is 14.3. The molecule has 220 valence electrons. The van der Waals surface area contributed by atoms with E-state index in [1.54, 1.807) is 12.1 Å². The van der Waals surface area contributed by atoms with Crippen molar-refractivity contribution in [2.75, 3.05) is 25.5 Å². The molecule has 0 bridgehead atoms. The number of benzene rings is 1. The van der Waals surface area contributed by atoms with Gasteiger partial charge < -0.3 is 29.9 Å². The summed E-state index contributed by atoms with van der Waals surface area (Å²) in [6.45, 7) is 5.51. The molecule has 42 heavy (non-hydrogen) atoms. The summed E-state index contributed by atoms with van der Waals surface area (Å²) in [4.78, 5) is 60.8. The molecule has 4 heterocycles. The molecular weight excluding hydrogens is 540 g/mol.